The van der Waals surface area contributed by atoms with Crippen molar-refractivity contribution in [3.05, 3.63) is 29.8 Å². The average Bonchev–Trinajstić information content (AvgIpc) is 2.60. The van der Waals surface area contributed by atoms with Crippen molar-refractivity contribution in [3.63, 3.8) is 0 Å². The van der Waals surface area contributed by atoms with E-state index in [0.717, 1.165) is 37.2 Å². The summed E-state index contributed by atoms with van der Waals surface area (Å²) in [5.41, 5.74) is 0.745. The molecule has 0 radical (unpaired) electrons. The second-order valence-corrected chi connectivity index (χ2v) is 7.04. The van der Waals surface area contributed by atoms with Crippen LogP contribution in [0.3, 0.4) is 0 Å². The molecule has 1 aromatic carbocycles. The number of ketones is 1. The fourth-order valence-corrected chi connectivity index (χ4v) is 2.75. The van der Waals surface area contributed by atoms with Gasteiger partial charge in [0, 0.05) is 24.6 Å². The average molecular weight is 349 g/mol. The highest BCUT2D eigenvalue weighted by Gasteiger charge is 2.21. The van der Waals surface area contributed by atoms with Crippen LogP contribution in [0.2, 0.25) is 0 Å². The molecule has 1 aliphatic rings. The number of nitrogens with zero attached hydrogens (tertiary/aromatic N) is 1. The number of hydroxylamine groups is 2. The molecule has 0 spiro atoms. The van der Waals surface area contributed by atoms with Gasteiger partial charge < -0.3 is 9.47 Å². The van der Waals surface area contributed by atoms with Crippen LogP contribution in [0.25, 0.3) is 0 Å². The first-order valence-electron chi connectivity index (χ1n) is 9.26. The van der Waals surface area contributed by atoms with Crippen LogP contribution in [0, 0.1) is 5.92 Å². The van der Waals surface area contributed by atoms with Crippen molar-refractivity contribution in [3.8, 4) is 5.75 Å². The maximum Gasteiger partial charge on any atom is 0.165 e. The van der Waals surface area contributed by atoms with E-state index in [1.165, 1.54) is 0 Å². The highest BCUT2D eigenvalue weighted by atomic mass is 16.7. The number of hydrogen-bond donors (Lipinski definition) is 0. The molecule has 140 valence electrons. The molecule has 1 aromatic rings. The molecule has 25 heavy (non-hydrogen) atoms. The van der Waals surface area contributed by atoms with Gasteiger partial charge in [0.2, 0.25) is 0 Å². The molecule has 2 rings (SSSR count). The number of rotatable bonds is 9. The predicted octanol–water partition coefficient (Wildman–Crippen LogP) is 3.73. The topological polar surface area (TPSA) is 48.0 Å². The lowest BCUT2D eigenvalue weighted by atomic mass is 10.0. The first-order valence-corrected chi connectivity index (χ1v) is 9.26. The molecular weight excluding hydrogens is 318 g/mol. The fraction of sp³-hybridized carbons (Fsp3) is 0.650. The van der Waals surface area contributed by atoms with Gasteiger partial charge in [-0.25, -0.2) is 0 Å². The van der Waals surface area contributed by atoms with Crippen molar-refractivity contribution in [2.75, 3.05) is 26.3 Å². The molecule has 1 aliphatic heterocycles. The van der Waals surface area contributed by atoms with Crippen molar-refractivity contribution in [1.29, 1.82) is 0 Å². The molecule has 0 bridgehead atoms. The number of ether oxygens (including phenoxy) is 2. The van der Waals surface area contributed by atoms with Crippen LogP contribution in [-0.4, -0.2) is 49.4 Å². The van der Waals surface area contributed by atoms with Gasteiger partial charge >= 0.3 is 0 Å². The quantitative estimate of drug-likeness (QED) is 0.502. The van der Waals surface area contributed by atoms with Gasteiger partial charge in [-0.2, -0.15) is 5.06 Å². The number of piperidine rings is 1. The molecule has 0 unspecified atom stereocenters. The Bertz CT molecular complexity index is 519. The van der Waals surface area contributed by atoms with Gasteiger partial charge in [-0.1, -0.05) is 13.8 Å². The molecule has 0 aromatic heterocycles. The first-order chi connectivity index (χ1) is 12.0. The van der Waals surface area contributed by atoms with E-state index in [2.05, 4.69) is 0 Å². The van der Waals surface area contributed by atoms with Crippen LogP contribution in [0.4, 0.5) is 0 Å². The van der Waals surface area contributed by atoms with Crippen molar-refractivity contribution in [1.82, 2.24) is 5.06 Å². The summed E-state index contributed by atoms with van der Waals surface area (Å²) in [5.74, 6) is 1.01. The van der Waals surface area contributed by atoms with E-state index in [-0.39, 0.29) is 23.9 Å². The van der Waals surface area contributed by atoms with Gasteiger partial charge in [0.1, 0.15) is 11.9 Å². The molecule has 0 N–H and O–H groups in total. The number of hydrogen-bond acceptors (Lipinski definition) is 5. The number of carbonyl (C=O) groups is 1. The summed E-state index contributed by atoms with van der Waals surface area (Å²) in [6.45, 7) is 10.8. The van der Waals surface area contributed by atoms with E-state index in [1.807, 2.05) is 57.0 Å². The lowest BCUT2D eigenvalue weighted by Gasteiger charge is -2.31. The highest BCUT2D eigenvalue weighted by molar-refractivity contribution is 5.97. The minimum absolute atomic E-state index is 0.0158. The Morgan fingerprint density at radius 2 is 1.72 bits per heavy atom. The van der Waals surface area contributed by atoms with E-state index in [0.29, 0.717) is 13.2 Å². The Labute approximate surface area is 151 Å². The monoisotopic (exact) mass is 349 g/mol. The van der Waals surface area contributed by atoms with Crippen molar-refractivity contribution in [2.24, 2.45) is 5.92 Å². The van der Waals surface area contributed by atoms with Gasteiger partial charge in [-0.3, -0.25) is 9.63 Å². The Kier molecular flexibility index (Phi) is 7.88. The summed E-state index contributed by atoms with van der Waals surface area (Å²) < 4.78 is 11.5. The van der Waals surface area contributed by atoms with E-state index in [1.54, 1.807) is 0 Å². The lowest BCUT2D eigenvalue weighted by molar-refractivity contribution is -0.188. The van der Waals surface area contributed by atoms with Gasteiger partial charge in [0.25, 0.3) is 0 Å². The van der Waals surface area contributed by atoms with Gasteiger partial charge in [0.15, 0.2) is 5.78 Å². The fourth-order valence-electron chi connectivity index (χ4n) is 2.75. The van der Waals surface area contributed by atoms with E-state index in [9.17, 15) is 4.79 Å². The van der Waals surface area contributed by atoms with E-state index in [4.69, 9.17) is 14.3 Å². The summed E-state index contributed by atoms with van der Waals surface area (Å²) in [7, 11) is 0. The maximum absolute atomic E-state index is 12.0. The summed E-state index contributed by atoms with van der Waals surface area (Å²) in [4.78, 5) is 17.7. The Morgan fingerprint density at radius 1 is 1.08 bits per heavy atom. The van der Waals surface area contributed by atoms with Crippen LogP contribution in [0.5, 0.6) is 5.75 Å². The maximum atomic E-state index is 12.0. The second-order valence-electron chi connectivity index (χ2n) is 7.04. The van der Waals surface area contributed by atoms with Crippen molar-refractivity contribution in [2.45, 2.75) is 52.7 Å². The van der Waals surface area contributed by atoms with Gasteiger partial charge in [-0.15, -0.1) is 0 Å². The van der Waals surface area contributed by atoms with Crippen molar-refractivity contribution >= 4 is 5.78 Å². The highest BCUT2D eigenvalue weighted by Crippen LogP contribution is 2.20. The molecule has 0 aliphatic carbocycles. The molecule has 1 heterocycles. The molecule has 5 nitrogen and oxygen atoms in total. The molecule has 5 heteroatoms. The van der Waals surface area contributed by atoms with Crippen LogP contribution >= 0.6 is 0 Å². The zero-order valence-corrected chi connectivity index (χ0v) is 15.9. The Hall–Kier alpha value is -1.43. The number of benzene rings is 1. The molecular formula is C20H31NO4. The van der Waals surface area contributed by atoms with Crippen LogP contribution in [0.15, 0.2) is 24.3 Å². The summed E-state index contributed by atoms with van der Waals surface area (Å²) >= 11 is 0. The van der Waals surface area contributed by atoms with Gasteiger partial charge in [0.05, 0.1) is 19.3 Å². The summed E-state index contributed by atoms with van der Waals surface area (Å²) in [5, 5.41) is 1.99. The molecule has 0 saturated carbocycles. The minimum Gasteiger partial charge on any atom is -0.490 e. The standard InChI is InChI=1S/C20H31NO4/c1-15(2)20(22)17-5-7-18(8-6-17)25-19-9-11-21(12-10-19)24-14-13-23-16(3)4/h5-8,15-16,19H,9-14H2,1-4H3. The lowest BCUT2D eigenvalue weighted by Crippen LogP contribution is -2.38. The Morgan fingerprint density at radius 3 is 2.28 bits per heavy atom. The first kappa shape index (κ1) is 19.9. The second kappa shape index (κ2) is 9.90. The summed E-state index contributed by atoms with van der Waals surface area (Å²) in [6, 6.07) is 7.48. The normalized spacial score (nSPS) is 16.6. The third kappa shape index (κ3) is 6.77. The SMILES string of the molecule is CC(C)OCCON1CCC(Oc2ccc(C(=O)C(C)C)cc2)CC1. The predicted molar refractivity (Wildman–Crippen MR) is 97.9 cm³/mol. The zero-order valence-electron chi connectivity index (χ0n) is 15.9. The molecule has 1 saturated heterocycles. The number of carbonyl (C=O) groups excluding carboxylic acids is 1. The van der Waals surface area contributed by atoms with Crippen LogP contribution in [-0.2, 0) is 9.57 Å². The minimum atomic E-state index is 0.0158. The van der Waals surface area contributed by atoms with Crippen molar-refractivity contribution < 1.29 is 19.1 Å². The molecule has 0 atom stereocenters. The van der Waals surface area contributed by atoms with Gasteiger partial charge in [-0.05, 0) is 51.0 Å². The molecule has 0 amide bonds. The third-order valence-corrected chi connectivity index (χ3v) is 4.18. The molecule has 1 fully saturated rings. The third-order valence-electron chi connectivity index (χ3n) is 4.18. The summed E-state index contributed by atoms with van der Waals surface area (Å²) in [6.07, 6.45) is 2.29. The van der Waals surface area contributed by atoms with E-state index >= 15 is 0 Å². The van der Waals surface area contributed by atoms with Crippen LogP contribution < -0.4 is 4.74 Å². The smallest absolute Gasteiger partial charge is 0.165 e. The zero-order chi connectivity index (χ0) is 18.2. The largest absolute Gasteiger partial charge is 0.490 e. The Balaban J connectivity index is 1.70. The number of Topliss-reactive ketones (excluding diaryl/α,β-unsaturated/α-hetero) is 1. The van der Waals surface area contributed by atoms with Crippen LogP contribution in [0.1, 0.15) is 50.9 Å². The van der Waals surface area contributed by atoms with E-state index < -0.39 is 0 Å².